The molecule has 0 bridgehead atoms. The molecule has 6 rings (SSSR count). The SMILES string of the molecule is [C-]#[N+]c1ccc(N2CC(C(=O)Cc3ccc4oc(C(=O)NC5CCN(Cc6ccc(C#N)cc6)CC5)cc4c3)C2)cc1. The molecule has 1 amide bonds. The molecule has 2 fully saturated rings. The predicted octanol–water partition coefficient (Wildman–Crippen LogP) is 5.50. The number of nitrogens with one attached hydrogen (secondary N) is 1. The monoisotopic (exact) mass is 557 g/mol. The number of fused-ring (bicyclic) bond motifs is 1. The number of amides is 1. The van der Waals surface area contributed by atoms with Gasteiger partial charge in [-0.15, -0.1) is 0 Å². The first-order valence-corrected chi connectivity index (χ1v) is 14.3. The summed E-state index contributed by atoms with van der Waals surface area (Å²) in [5.41, 5.74) is 5.03. The number of hydrogen-bond donors (Lipinski definition) is 1. The first-order valence-electron chi connectivity index (χ1n) is 14.3. The number of likely N-dealkylation sites (tertiary alicyclic amines) is 1. The first kappa shape index (κ1) is 27.3. The lowest BCUT2D eigenvalue weighted by molar-refractivity contribution is -0.122. The van der Waals surface area contributed by atoms with E-state index in [0.29, 0.717) is 36.3 Å². The number of ketones is 1. The zero-order chi connectivity index (χ0) is 29.1. The molecule has 0 saturated carbocycles. The fraction of sp³-hybridized carbons (Fsp3) is 0.294. The molecular weight excluding hydrogens is 526 g/mol. The van der Waals surface area contributed by atoms with Crippen molar-refractivity contribution in [2.45, 2.75) is 31.8 Å². The lowest BCUT2D eigenvalue weighted by atomic mass is 9.90. The van der Waals surface area contributed by atoms with Crippen molar-refractivity contribution in [3.63, 3.8) is 0 Å². The molecule has 0 unspecified atom stereocenters. The summed E-state index contributed by atoms with van der Waals surface area (Å²) in [6.07, 6.45) is 2.07. The Labute approximate surface area is 245 Å². The van der Waals surface area contributed by atoms with E-state index in [1.54, 1.807) is 18.2 Å². The second kappa shape index (κ2) is 11.9. The first-order chi connectivity index (χ1) is 20.5. The van der Waals surface area contributed by atoms with Gasteiger partial charge >= 0.3 is 0 Å². The van der Waals surface area contributed by atoms with Crippen LogP contribution in [0.1, 0.15) is 40.1 Å². The van der Waals surface area contributed by atoms with Crippen LogP contribution in [0, 0.1) is 23.8 Å². The maximum atomic E-state index is 13.0. The summed E-state index contributed by atoms with van der Waals surface area (Å²) < 4.78 is 5.85. The molecule has 0 spiro atoms. The summed E-state index contributed by atoms with van der Waals surface area (Å²) in [5, 5.41) is 12.9. The van der Waals surface area contributed by atoms with Crippen LogP contribution in [0.3, 0.4) is 0 Å². The van der Waals surface area contributed by atoms with Crippen LogP contribution in [0.15, 0.2) is 77.2 Å². The van der Waals surface area contributed by atoms with E-state index in [1.807, 2.05) is 54.6 Å². The highest BCUT2D eigenvalue weighted by molar-refractivity contribution is 5.96. The van der Waals surface area contributed by atoms with Crippen molar-refractivity contribution in [2.75, 3.05) is 31.1 Å². The molecule has 1 aromatic heterocycles. The maximum Gasteiger partial charge on any atom is 0.287 e. The second-order valence-electron chi connectivity index (χ2n) is 11.2. The molecule has 8 nitrogen and oxygen atoms in total. The van der Waals surface area contributed by atoms with Crippen molar-refractivity contribution in [3.05, 3.63) is 107 Å². The average Bonchev–Trinajstić information content (AvgIpc) is 3.42. The number of furan rings is 1. The Morgan fingerprint density at radius 3 is 2.38 bits per heavy atom. The zero-order valence-corrected chi connectivity index (χ0v) is 23.3. The fourth-order valence-corrected chi connectivity index (χ4v) is 5.73. The third-order valence-electron chi connectivity index (χ3n) is 8.28. The third kappa shape index (κ3) is 6.05. The van der Waals surface area contributed by atoms with Crippen molar-refractivity contribution in [1.29, 1.82) is 5.26 Å². The van der Waals surface area contributed by atoms with E-state index in [-0.39, 0.29) is 29.4 Å². The molecule has 2 aliphatic heterocycles. The smallest absolute Gasteiger partial charge is 0.287 e. The normalized spacial score (nSPS) is 16.0. The number of nitriles is 1. The Balaban J connectivity index is 0.985. The number of benzene rings is 3. The van der Waals surface area contributed by atoms with E-state index in [1.165, 1.54) is 5.56 Å². The number of nitrogens with zero attached hydrogens (tertiary/aromatic N) is 4. The number of carbonyl (C=O) groups is 2. The Hall–Kier alpha value is -4.92. The van der Waals surface area contributed by atoms with Crippen molar-refractivity contribution < 1.29 is 14.0 Å². The molecule has 0 radical (unpaired) electrons. The van der Waals surface area contributed by atoms with Crippen molar-refractivity contribution >= 4 is 34.0 Å². The zero-order valence-electron chi connectivity index (χ0n) is 23.3. The average molecular weight is 558 g/mol. The van der Waals surface area contributed by atoms with Crippen molar-refractivity contribution in [1.82, 2.24) is 10.2 Å². The van der Waals surface area contributed by atoms with E-state index >= 15 is 0 Å². The largest absolute Gasteiger partial charge is 0.451 e. The Morgan fingerprint density at radius 2 is 1.69 bits per heavy atom. The summed E-state index contributed by atoms with van der Waals surface area (Å²) in [7, 11) is 0. The molecule has 210 valence electrons. The van der Waals surface area contributed by atoms with Gasteiger partial charge in [0, 0.05) is 56.3 Å². The summed E-state index contributed by atoms with van der Waals surface area (Å²) >= 11 is 0. The van der Waals surface area contributed by atoms with Crippen LogP contribution in [0.2, 0.25) is 0 Å². The van der Waals surface area contributed by atoms with Crippen LogP contribution < -0.4 is 10.2 Å². The van der Waals surface area contributed by atoms with Crippen LogP contribution in [-0.4, -0.2) is 48.8 Å². The van der Waals surface area contributed by atoms with Gasteiger partial charge in [-0.2, -0.15) is 5.26 Å². The van der Waals surface area contributed by atoms with Gasteiger partial charge in [-0.1, -0.05) is 30.3 Å². The Bertz CT molecular complexity index is 1680. The maximum absolute atomic E-state index is 13.0. The summed E-state index contributed by atoms with van der Waals surface area (Å²) in [6.45, 7) is 11.0. The Morgan fingerprint density at radius 1 is 0.976 bits per heavy atom. The topological polar surface area (TPSA) is 93.9 Å². The quantitative estimate of drug-likeness (QED) is 0.288. The van der Waals surface area contributed by atoms with Gasteiger partial charge in [-0.25, -0.2) is 4.85 Å². The van der Waals surface area contributed by atoms with Gasteiger partial charge in [0.05, 0.1) is 24.1 Å². The fourth-order valence-electron chi connectivity index (χ4n) is 5.73. The lowest BCUT2D eigenvalue weighted by Crippen LogP contribution is -2.50. The number of rotatable bonds is 8. The van der Waals surface area contributed by atoms with Crippen LogP contribution in [0.4, 0.5) is 11.4 Å². The van der Waals surface area contributed by atoms with E-state index in [0.717, 1.165) is 49.1 Å². The summed E-state index contributed by atoms with van der Waals surface area (Å²) in [5.74, 6) is 0.263. The molecule has 0 aliphatic carbocycles. The van der Waals surface area contributed by atoms with E-state index < -0.39 is 0 Å². The van der Waals surface area contributed by atoms with Gasteiger partial charge in [0.2, 0.25) is 0 Å². The molecule has 42 heavy (non-hydrogen) atoms. The van der Waals surface area contributed by atoms with E-state index in [2.05, 4.69) is 26.0 Å². The Kier molecular flexibility index (Phi) is 7.72. The van der Waals surface area contributed by atoms with Gasteiger partial charge in [0.15, 0.2) is 11.4 Å². The van der Waals surface area contributed by atoms with Gasteiger partial charge in [-0.3, -0.25) is 14.5 Å². The molecule has 1 N–H and O–H groups in total. The van der Waals surface area contributed by atoms with Crippen LogP contribution in [-0.2, 0) is 17.8 Å². The van der Waals surface area contributed by atoms with Gasteiger partial charge < -0.3 is 14.6 Å². The van der Waals surface area contributed by atoms with Crippen LogP contribution >= 0.6 is 0 Å². The van der Waals surface area contributed by atoms with Gasteiger partial charge in [0.1, 0.15) is 11.4 Å². The van der Waals surface area contributed by atoms with E-state index in [9.17, 15) is 9.59 Å². The molecule has 3 aromatic carbocycles. The molecular formula is C34H31N5O3. The lowest BCUT2D eigenvalue weighted by Gasteiger charge is -2.40. The van der Waals surface area contributed by atoms with Crippen molar-refractivity contribution in [3.8, 4) is 6.07 Å². The second-order valence-corrected chi connectivity index (χ2v) is 11.2. The summed E-state index contributed by atoms with van der Waals surface area (Å²) in [4.78, 5) is 33.8. The molecule has 8 heteroatoms. The number of hydrogen-bond acceptors (Lipinski definition) is 6. The predicted molar refractivity (Wildman–Crippen MR) is 160 cm³/mol. The minimum atomic E-state index is -0.214. The number of carbonyl (C=O) groups excluding carboxylic acids is 2. The summed E-state index contributed by atoms with van der Waals surface area (Å²) in [6, 6.07) is 24.8. The molecule has 4 aromatic rings. The van der Waals surface area contributed by atoms with Crippen LogP contribution in [0.25, 0.3) is 15.8 Å². The van der Waals surface area contributed by atoms with E-state index in [4.69, 9.17) is 16.3 Å². The number of piperidine rings is 1. The van der Waals surface area contributed by atoms with Crippen LogP contribution in [0.5, 0.6) is 0 Å². The highest BCUT2D eigenvalue weighted by Gasteiger charge is 2.32. The minimum absolute atomic E-state index is 0.0116. The molecule has 2 saturated heterocycles. The van der Waals surface area contributed by atoms with Crippen molar-refractivity contribution in [2.24, 2.45) is 5.92 Å². The van der Waals surface area contributed by atoms with Gasteiger partial charge in [-0.05, 0) is 66.4 Å². The molecule has 0 atom stereocenters. The number of anilines is 1. The highest BCUT2D eigenvalue weighted by atomic mass is 16.3. The highest BCUT2D eigenvalue weighted by Crippen LogP contribution is 2.29. The molecule has 2 aliphatic rings. The molecule has 3 heterocycles. The van der Waals surface area contributed by atoms with Gasteiger partial charge in [0.25, 0.3) is 5.91 Å². The standard InChI is InChI=1S/C34H31N5O3/c1-36-28-7-9-30(10-8-28)39-21-27(22-39)31(40)17-25-6-11-32-26(16-25)18-33(42-32)34(41)37-29-12-14-38(15-13-29)20-24-4-2-23(19-35)3-5-24/h2-11,16,18,27,29H,12-15,17,20-22H2,(H,37,41). The third-order valence-corrected chi connectivity index (χ3v) is 8.28. The number of Topliss-reactive ketones (excluding diaryl/α,β-unsaturated/α-hetero) is 1. The minimum Gasteiger partial charge on any atom is -0.451 e.